The number of nitrogens with two attached hydrogens (primary N) is 1. The predicted molar refractivity (Wildman–Crippen MR) is 64.2 cm³/mol. The summed E-state index contributed by atoms with van der Waals surface area (Å²) in [5, 5.41) is 5.86. The summed E-state index contributed by atoms with van der Waals surface area (Å²) in [5.74, 6) is -1.03. The Kier molecular flexibility index (Phi) is 3.09. The third-order valence-electron chi connectivity index (χ3n) is 2.41. The minimum absolute atomic E-state index is 0.0526. The summed E-state index contributed by atoms with van der Waals surface area (Å²) in [5.41, 5.74) is 5.96. The van der Waals surface area contributed by atoms with Crippen LogP contribution in [-0.4, -0.2) is 23.9 Å². The SMILES string of the molecule is CNC(=O)c1noc(C(=O)c2ccccc2)c1N. The molecule has 6 nitrogen and oxygen atoms in total. The van der Waals surface area contributed by atoms with Crippen LogP contribution in [0.3, 0.4) is 0 Å². The summed E-state index contributed by atoms with van der Waals surface area (Å²) in [6.45, 7) is 0. The highest BCUT2D eigenvalue weighted by Crippen LogP contribution is 2.20. The number of aromatic nitrogens is 1. The number of carbonyl (C=O) groups is 2. The van der Waals surface area contributed by atoms with Crippen LogP contribution >= 0.6 is 0 Å². The first-order valence-corrected chi connectivity index (χ1v) is 5.22. The van der Waals surface area contributed by atoms with Crippen molar-refractivity contribution in [3.8, 4) is 0 Å². The molecule has 0 aliphatic carbocycles. The summed E-state index contributed by atoms with van der Waals surface area (Å²) in [7, 11) is 1.44. The van der Waals surface area contributed by atoms with E-state index in [4.69, 9.17) is 10.3 Å². The Bertz CT molecular complexity index is 590. The zero-order chi connectivity index (χ0) is 13.1. The highest BCUT2D eigenvalue weighted by atomic mass is 16.5. The molecule has 18 heavy (non-hydrogen) atoms. The molecule has 0 aliphatic rings. The van der Waals surface area contributed by atoms with E-state index in [1.807, 2.05) is 0 Å². The molecule has 6 heteroatoms. The van der Waals surface area contributed by atoms with E-state index in [1.165, 1.54) is 7.05 Å². The quantitative estimate of drug-likeness (QED) is 0.781. The molecule has 0 spiro atoms. The van der Waals surface area contributed by atoms with Gasteiger partial charge in [-0.05, 0) is 0 Å². The number of hydrogen-bond donors (Lipinski definition) is 2. The average molecular weight is 245 g/mol. The summed E-state index contributed by atoms with van der Waals surface area (Å²) >= 11 is 0. The predicted octanol–water partition coefficient (Wildman–Crippen LogP) is 0.847. The number of anilines is 1. The first kappa shape index (κ1) is 11.8. The number of carbonyl (C=O) groups excluding carboxylic acids is 2. The van der Waals surface area contributed by atoms with Gasteiger partial charge < -0.3 is 15.6 Å². The number of nitrogens with zero attached hydrogens (tertiary/aromatic N) is 1. The molecule has 92 valence electrons. The van der Waals surface area contributed by atoms with Gasteiger partial charge >= 0.3 is 0 Å². The van der Waals surface area contributed by atoms with Crippen LogP contribution in [0.25, 0.3) is 0 Å². The molecule has 0 bridgehead atoms. The smallest absolute Gasteiger partial charge is 0.275 e. The summed E-state index contributed by atoms with van der Waals surface area (Å²) < 4.78 is 4.85. The molecule has 1 aromatic heterocycles. The molecule has 1 amide bonds. The van der Waals surface area contributed by atoms with E-state index in [0.29, 0.717) is 5.56 Å². The van der Waals surface area contributed by atoms with Crippen LogP contribution in [0.1, 0.15) is 26.6 Å². The van der Waals surface area contributed by atoms with Crippen LogP contribution in [0.15, 0.2) is 34.9 Å². The molecule has 0 saturated heterocycles. The monoisotopic (exact) mass is 245 g/mol. The molecular formula is C12H11N3O3. The molecule has 0 radical (unpaired) electrons. The van der Waals surface area contributed by atoms with Crippen molar-refractivity contribution >= 4 is 17.4 Å². The largest absolute Gasteiger partial charge is 0.393 e. The van der Waals surface area contributed by atoms with E-state index in [9.17, 15) is 9.59 Å². The van der Waals surface area contributed by atoms with E-state index >= 15 is 0 Å². The molecule has 0 aliphatic heterocycles. The molecular weight excluding hydrogens is 234 g/mol. The maximum Gasteiger partial charge on any atom is 0.275 e. The van der Waals surface area contributed by atoms with Gasteiger partial charge in [0.15, 0.2) is 5.69 Å². The number of amides is 1. The first-order chi connectivity index (χ1) is 8.65. The topological polar surface area (TPSA) is 98.2 Å². The van der Waals surface area contributed by atoms with E-state index in [1.54, 1.807) is 30.3 Å². The third kappa shape index (κ3) is 1.95. The third-order valence-corrected chi connectivity index (χ3v) is 2.41. The number of nitrogens with one attached hydrogen (secondary N) is 1. The molecule has 1 aromatic carbocycles. The van der Waals surface area contributed by atoms with Gasteiger partial charge in [-0.1, -0.05) is 35.5 Å². The van der Waals surface area contributed by atoms with Gasteiger partial charge in [0.2, 0.25) is 11.5 Å². The fourth-order valence-corrected chi connectivity index (χ4v) is 1.46. The van der Waals surface area contributed by atoms with Gasteiger partial charge in [-0.3, -0.25) is 9.59 Å². The molecule has 0 fully saturated rings. The molecule has 0 saturated carbocycles. The van der Waals surface area contributed by atoms with E-state index in [2.05, 4.69) is 10.5 Å². The van der Waals surface area contributed by atoms with Gasteiger partial charge in [0.05, 0.1) is 0 Å². The molecule has 1 heterocycles. The first-order valence-electron chi connectivity index (χ1n) is 5.22. The van der Waals surface area contributed by atoms with Crippen molar-refractivity contribution in [1.29, 1.82) is 0 Å². The Balaban J connectivity index is 2.39. The van der Waals surface area contributed by atoms with Gasteiger partial charge in [-0.2, -0.15) is 0 Å². The highest BCUT2D eigenvalue weighted by Gasteiger charge is 2.24. The normalized spacial score (nSPS) is 10.1. The maximum atomic E-state index is 12.0. The maximum absolute atomic E-state index is 12.0. The van der Waals surface area contributed by atoms with Crippen molar-refractivity contribution in [2.24, 2.45) is 0 Å². The van der Waals surface area contributed by atoms with Crippen molar-refractivity contribution in [2.45, 2.75) is 0 Å². The lowest BCUT2D eigenvalue weighted by molar-refractivity contribution is 0.0949. The van der Waals surface area contributed by atoms with Crippen LogP contribution in [0.2, 0.25) is 0 Å². The van der Waals surface area contributed by atoms with Crippen molar-refractivity contribution in [1.82, 2.24) is 10.5 Å². The van der Waals surface area contributed by atoms with Crippen LogP contribution in [0, 0.1) is 0 Å². The van der Waals surface area contributed by atoms with Crippen molar-refractivity contribution < 1.29 is 14.1 Å². The van der Waals surface area contributed by atoms with Gasteiger partial charge in [-0.15, -0.1) is 0 Å². The Morgan fingerprint density at radius 1 is 1.28 bits per heavy atom. The minimum Gasteiger partial charge on any atom is -0.393 e. The summed E-state index contributed by atoms with van der Waals surface area (Å²) in [6.07, 6.45) is 0. The number of hydrogen-bond acceptors (Lipinski definition) is 5. The average Bonchev–Trinajstić information content (AvgIpc) is 2.80. The minimum atomic E-state index is -0.497. The Labute approximate surface area is 103 Å². The number of rotatable bonds is 3. The van der Waals surface area contributed by atoms with Gasteiger partial charge in [0.25, 0.3) is 5.91 Å². The number of nitrogen functional groups attached to an aromatic ring is 1. The molecule has 3 N–H and O–H groups in total. The molecule has 0 unspecified atom stereocenters. The van der Waals surface area contributed by atoms with E-state index < -0.39 is 11.7 Å². The standard InChI is InChI=1S/C12H11N3O3/c1-14-12(17)9-8(13)11(18-15-9)10(16)7-5-3-2-4-6-7/h2-6H,13H2,1H3,(H,14,17). The van der Waals surface area contributed by atoms with Gasteiger partial charge in [0, 0.05) is 12.6 Å². The van der Waals surface area contributed by atoms with Crippen LogP contribution in [0.4, 0.5) is 5.69 Å². The zero-order valence-electron chi connectivity index (χ0n) is 9.64. The second kappa shape index (κ2) is 4.70. The lowest BCUT2D eigenvalue weighted by atomic mass is 10.1. The molecule has 2 aromatic rings. The lowest BCUT2D eigenvalue weighted by Gasteiger charge is -1.97. The van der Waals surface area contributed by atoms with Crippen LogP contribution in [0.5, 0.6) is 0 Å². The summed E-state index contributed by atoms with van der Waals surface area (Å²) in [4.78, 5) is 23.4. The summed E-state index contributed by atoms with van der Waals surface area (Å²) in [6, 6.07) is 8.49. The van der Waals surface area contributed by atoms with Gasteiger partial charge in [0.1, 0.15) is 5.69 Å². The number of benzene rings is 1. The van der Waals surface area contributed by atoms with Crippen molar-refractivity contribution in [2.75, 3.05) is 12.8 Å². The fraction of sp³-hybridized carbons (Fsp3) is 0.0833. The zero-order valence-corrected chi connectivity index (χ0v) is 9.64. The van der Waals surface area contributed by atoms with Crippen molar-refractivity contribution in [3.05, 3.63) is 47.3 Å². The highest BCUT2D eigenvalue weighted by molar-refractivity contribution is 6.12. The van der Waals surface area contributed by atoms with Crippen LogP contribution in [-0.2, 0) is 0 Å². The lowest BCUT2D eigenvalue weighted by Crippen LogP contribution is -2.19. The number of ketones is 1. The Morgan fingerprint density at radius 3 is 2.56 bits per heavy atom. The van der Waals surface area contributed by atoms with E-state index in [-0.39, 0.29) is 17.1 Å². The van der Waals surface area contributed by atoms with E-state index in [0.717, 1.165) is 0 Å². The van der Waals surface area contributed by atoms with Crippen molar-refractivity contribution in [3.63, 3.8) is 0 Å². The second-order valence-electron chi connectivity index (χ2n) is 3.55. The van der Waals surface area contributed by atoms with Gasteiger partial charge in [-0.25, -0.2) is 0 Å². The molecule has 0 atom stereocenters. The Morgan fingerprint density at radius 2 is 1.94 bits per heavy atom. The fourth-order valence-electron chi connectivity index (χ4n) is 1.46. The van der Waals surface area contributed by atoms with Crippen LogP contribution < -0.4 is 11.1 Å². The molecule has 2 rings (SSSR count). The Hall–Kier alpha value is -2.63. The second-order valence-corrected chi connectivity index (χ2v) is 3.55.